The Labute approximate surface area is 75.2 Å². The third kappa shape index (κ3) is 1.74. The van der Waals surface area contributed by atoms with Crippen LogP contribution in [0.4, 0.5) is 0 Å². The fourth-order valence-electron chi connectivity index (χ4n) is 1.01. The Morgan fingerprint density at radius 2 is 2.36 bits per heavy atom. The van der Waals surface area contributed by atoms with Gasteiger partial charge in [0.15, 0.2) is 0 Å². The maximum Gasteiger partial charge on any atom is 0.108 e. The summed E-state index contributed by atoms with van der Waals surface area (Å²) >= 11 is 3.40. The van der Waals surface area contributed by atoms with Crippen molar-refractivity contribution in [3.05, 3.63) is 29.2 Å². The third-order valence-corrected chi connectivity index (χ3v) is 2.18. The molecule has 0 aliphatic carbocycles. The SMILES string of the molecule is C/C=C\c1c(CBr)coc1C. The van der Waals surface area contributed by atoms with Crippen molar-refractivity contribution in [3.8, 4) is 0 Å². The molecule has 0 atom stereocenters. The lowest BCUT2D eigenvalue weighted by Gasteiger charge is -1.91. The minimum absolute atomic E-state index is 0.851. The first-order chi connectivity index (χ1) is 5.29. The third-order valence-electron chi connectivity index (χ3n) is 1.58. The molecule has 0 amide bonds. The highest BCUT2D eigenvalue weighted by atomic mass is 79.9. The summed E-state index contributed by atoms with van der Waals surface area (Å²) in [5.74, 6) is 0.984. The Kier molecular flexibility index (Phi) is 2.94. The van der Waals surface area contributed by atoms with Crippen molar-refractivity contribution in [1.29, 1.82) is 0 Å². The van der Waals surface area contributed by atoms with Crippen LogP contribution in [0.3, 0.4) is 0 Å². The van der Waals surface area contributed by atoms with Gasteiger partial charge in [-0.1, -0.05) is 28.1 Å². The predicted octanol–water partition coefficient (Wildman–Crippen LogP) is 3.52. The lowest BCUT2D eigenvalue weighted by molar-refractivity contribution is 0.532. The zero-order chi connectivity index (χ0) is 8.27. The van der Waals surface area contributed by atoms with Crippen molar-refractivity contribution >= 4 is 22.0 Å². The van der Waals surface area contributed by atoms with E-state index >= 15 is 0 Å². The molecule has 1 aromatic rings. The van der Waals surface area contributed by atoms with Crippen molar-refractivity contribution in [3.63, 3.8) is 0 Å². The zero-order valence-corrected chi connectivity index (χ0v) is 8.31. The molecule has 0 aliphatic rings. The molecule has 0 unspecified atom stereocenters. The van der Waals surface area contributed by atoms with Crippen LogP contribution in [0.2, 0.25) is 0 Å². The molecule has 0 saturated heterocycles. The molecule has 1 heterocycles. The van der Waals surface area contributed by atoms with Crippen molar-refractivity contribution in [2.24, 2.45) is 0 Å². The van der Waals surface area contributed by atoms with Gasteiger partial charge in [-0.05, 0) is 13.8 Å². The van der Waals surface area contributed by atoms with E-state index in [1.165, 1.54) is 11.1 Å². The number of aryl methyl sites for hydroxylation is 1. The first-order valence-electron chi connectivity index (χ1n) is 3.55. The van der Waals surface area contributed by atoms with Gasteiger partial charge in [-0.25, -0.2) is 0 Å². The highest BCUT2D eigenvalue weighted by Crippen LogP contribution is 2.20. The lowest BCUT2D eigenvalue weighted by atomic mass is 10.1. The van der Waals surface area contributed by atoms with Crippen LogP contribution < -0.4 is 0 Å². The van der Waals surface area contributed by atoms with Crippen LogP contribution in [0.15, 0.2) is 16.8 Å². The molecule has 0 saturated carbocycles. The summed E-state index contributed by atoms with van der Waals surface area (Å²) in [7, 11) is 0. The summed E-state index contributed by atoms with van der Waals surface area (Å²) < 4.78 is 5.26. The van der Waals surface area contributed by atoms with Crippen LogP contribution in [0, 0.1) is 6.92 Å². The van der Waals surface area contributed by atoms with Crippen molar-refractivity contribution in [2.75, 3.05) is 0 Å². The fourth-order valence-corrected chi connectivity index (χ4v) is 1.44. The normalized spacial score (nSPS) is 11.2. The molecule has 0 fully saturated rings. The lowest BCUT2D eigenvalue weighted by Crippen LogP contribution is -1.77. The van der Waals surface area contributed by atoms with Crippen LogP contribution >= 0.6 is 15.9 Å². The zero-order valence-electron chi connectivity index (χ0n) is 6.73. The molecule has 60 valence electrons. The summed E-state index contributed by atoms with van der Waals surface area (Å²) in [6.07, 6.45) is 5.87. The number of hydrogen-bond donors (Lipinski definition) is 0. The Balaban J connectivity index is 3.07. The van der Waals surface area contributed by atoms with Crippen LogP contribution in [0.1, 0.15) is 23.8 Å². The smallest absolute Gasteiger partial charge is 0.108 e. The van der Waals surface area contributed by atoms with Gasteiger partial charge in [0.25, 0.3) is 0 Å². The first-order valence-corrected chi connectivity index (χ1v) is 4.67. The monoisotopic (exact) mass is 214 g/mol. The van der Waals surface area contributed by atoms with Gasteiger partial charge in [-0.3, -0.25) is 0 Å². The van der Waals surface area contributed by atoms with E-state index in [-0.39, 0.29) is 0 Å². The van der Waals surface area contributed by atoms with Crippen LogP contribution in [0.25, 0.3) is 6.08 Å². The molecule has 11 heavy (non-hydrogen) atoms. The van der Waals surface area contributed by atoms with Gasteiger partial charge >= 0.3 is 0 Å². The largest absolute Gasteiger partial charge is 0.469 e. The second kappa shape index (κ2) is 3.77. The van der Waals surface area contributed by atoms with Gasteiger partial charge in [-0.15, -0.1) is 0 Å². The van der Waals surface area contributed by atoms with Gasteiger partial charge in [0, 0.05) is 16.5 Å². The van der Waals surface area contributed by atoms with E-state index in [1.54, 1.807) is 6.26 Å². The average molecular weight is 215 g/mol. The number of rotatable bonds is 2. The molecule has 2 heteroatoms. The summed E-state index contributed by atoms with van der Waals surface area (Å²) in [4.78, 5) is 0. The number of alkyl halides is 1. The van der Waals surface area contributed by atoms with Gasteiger partial charge < -0.3 is 4.42 Å². The maximum absolute atomic E-state index is 5.26. The van der Waals surface area contributed by atoms with E-state index in [1.807, 2.05) is 19.9 Å². The van der Waals surface area contributed by atoms with Gasteiger partial charge in [-0.2, -0.15) is 0 Å². The second-order valence-corrected chi connectivity index (χ2v) is 2.93. The van der Waals surface area contributed by atoms with Crippen molar-refractivity contribution in [1.82, 2.24) is 0 Å². The number of furan rings is 1. The number of allylic oxidation sites excluding steroid dienone is 1. The van der Waals surface area contributed by atoms with Gasteiger partial charge in [0.2, 0.25) is 0 Å². The summed E-state index contributed by atoms with van der Waals surface area (Å²) in [6, 6.07) is 0. The van der Waals surface area contributed by atoms with Gasteiger partial charge in [0.05, 0.1) is 6.26 Å². The summed E-state index contributed by atoms with van der Waals surface area (Å²) in [6.45, 7) is 3.98. The Morgan fingerprint density at radius 3 is 2.91 bits per heavy atom. The van der Waals surface area contributed by atoms with E-state index in [9.17, 15) is 0 Å². The topological polar surface area (TPSA) is 13.1 Å². The van der Waals surface area contributed by atoms with Crippen LogP contribution in [-0.2, 0) is 5.33 Å². The van der Waals surface area contributed by atoms with Crippen LogP contribution in [-0.4, -0.2) is 0 Å². The highest BCUT2D eigenvalue weighted by molar-refractivity contribution is 9.08. The Hall–Kier alpha value is -0.500. The maximum atomic E-state index is 5.26. The first kappa shape index (κ1) is 8.60. The van der Waals surface area contributed by atoms with E-state index in [0.29, 0.717) is 0 Å². The van der Waals surface area contributed by atoms with Crippen LogP contribution in [0.5, 0.6) is 0 Å². The molecule has 0 aliphatic heterocycles. The molecule has 0 bridgehead atoms. The molecule has 1 aromatic heterocycles. The molecule has 1 rings (SSSR count). The van der Waals surface area contributed by atoms with Crippen molar-refractivity contribution < 1.29 is 4.42 Å². The summed E-state index contributed by atoms with van der Waals surface area (Å²) in [5, 5.41) is 0.851. The molecule has 0 radical (unpaired) electrons. The molecule has 0 spiro atoms. The highest BCUT2D eigenvalue weighted by Gasteiger charge is 2.04. The quantitative estimate of drug-likeness (QED) is 0.688. The molecule has 1 nitrogen and oxygen atoms in total. The number of hydrogen-bond acceptors (Lipinski definition) is 1. The minimum atomic E-state index is 0.851. The standard InChI is InChI=1S/C9H11BrO/c1-3-4-9-7(2)11-6-8(9)5-10/h3-4,6H,5H2,1-2H3/b4-3-. The second-order valence-electron chi connectivity index (χ2n) is 2.36. The van der Waals surface area contributed by atoms with Gasteiger partial charge in [0.1, 0.15) is 5.76 Å². The molecular weight excluding hydrogens is 204 g/mol. The summed E-state index contributed by atoms with van der Waals surface area (Å²) in [5.41, 5.74) is 2.41. The van der Waals surface area contributed by atoms with E-state index in [4.69, 9.17) is 4.42 Å². The molecular formula is C9H11BrO. The van der Waals surface area contributed by atoms with E-state index < -0.39 is 0 Å². The predicted molar refractivity (Wildman–Crippen MR) is 50.8 cm³/mol. The van der Waals surface area contributed by atoms with Crippen molar-refractivity contribution in [2.45, 2.75) is 19.2 Å². The Bertz CT molecular complexity index is 261. The van der Waals surface area contributed by atoms with E-state index in [2.05, 4.69) is 22.0 Å². The molecule has 0 N–H and O–H groups in total. The minimum Gasteiger partial charge on any atom is -0.469 e. The van der Waals surface area contributed by atoms with E-state index in [0.717, 1.165) is 11.1 Å². The number of halogens is 1. The fraction of sp³-hybridized carbons (Fsp3) is 0.333. The average Bonchev–Trinajstić information content (AvgIpc) is 2.34. The Morgan fingerprint density at radius 1 is 1.64 bits per heavy atom. The molecule has 0 aromatic carbocycles.